The highest BCUT2D eigenvalue weighted by molar-refractivity contribution is 5.37. The smallest absolute Gasteiger partial charge is 0.240 e. The molecule has 1 aromatic carbocycles. The number of hydrogen-bond acceptors (Lipinski definition) is 3. The molecular weight excluding hydrogens is 192 g/mol. The van der Waals surface area contributed by atoms with Crippen molar-refractivity contribution in [2.24, 2.45) is 5.73 Å². The SMILES string of the molecule is N[C@H](CC(F)F)c1cc(O)cc(O)c1. The van der Waals surface area contributed by atoms with E-state index in [1.165, 1.54) is 12.1 Å². The summed E-state index contributed by atoms with van der Waals surface area (Å²) in [6, 6.07) is 2.74. The standard InChI is InChI=1S/C9H11F2NO2/c10-9(11)4-8(12)5-1-6(13)3-7(14)2-5/h1-3,8-9,13-14H,4,12H2/t8-/m1/s1. The van der Waals surface area contributed by atoms with Crippen LogP contribution in [-0.4, -0.2) is 16.6 Å². The van der Waals surface area contributed by atoms with Crippen LogP contribution in [0.4, 0.5) is 8.78 Å². The van der Waals surface area contributed by atoms with Crippen molar-refractivity contribution in [2.75, 3.05) is 0 Å². The highest BCUT2D eigenvalue weighted by atomic mass is 19.3. The molecule has 0 amide bonds. The lowest BCUT2D eigenvalue weighted by Gasteiger charge is -2.11. The highest BCUT2D eigenvalue weighted by Crippen LogP contribution is 2.26. The number of benzene rings is 1. The van der Waals surface area contributed by atoms with Gasteiger partial charge in [0.2, 0.25) is 6.43 Å². The van der Waals surface area contributed by atoms with Crippen LogP contribution in [-0.2, 0) is 0 Å². The molecule has 4 N–H and O–H groups in total. The summed E-state index contributed by atoms with van der Waals surface area (Å²) in [5.41, 5.74) is 5.73. The van der Waals surface area contributed by atoms with Crippen LogP contribution in [0.25, 0.3) is 0 Å². The van der Waals surface area contributed by atoms with Crippen LogP contribution in [0.5, 0.6) is 11.5 Å². The second kappa shape index (κ2) is 4.23. The van der Waals surface area contributed by atoms with Crippen molar-refractivity contribution in [3.63, 3.8) is 0 Å². The molecule has 14 heavy (non-hydrogen) atoms. The molecule has 0 aliphatic heterocycles. The normalized spacial score (nSPS) is 13.1. The molecule has 0 bridgehead atoms. The topological polar surface area (TPSA) is 66.5 Å². The number of alkyl halides is 2. The van der Waals surface area contributed by atoms with Crippen molar-refractivity contribution >= 4 is 0 Å². The van der Waals surface area contributed by atoms with Gasteiger partial charge in [-0.3, -0.25) is 0 Å². The lowest BCUT2D eigenvalue weighted by atomic mass is 10.0. The number of phenols is 2. The maximum Gasteiger partial charge on any atom is 0.240 e. The minimum absolute atomic E-state index is 0.190. The van der Waals surface area contributed by atoms with Crippen LogP contribution in [0.2, 0.25) is 0 Å². The third-order valence-corrected chi connectivity index (χ3v) is 1.79. The monoisotopic (exact) mass is 203 g/mol. The molecule has 78 valence electrons. The second-order valence-corrected chi connectivity index (χ2v) is 3.02. The Labute approximate surface area is 79.8 Å². The zero-order valence-electron chi connectivity index (χ0n) is 7.32. The zero-order chi connectivity index (χ0) is 10.7. The van der Waals surface area contributed by atoms with Gasteiger partial charge in [-0.25, -0.2) is 8.78 Å². The van der Waals surface area contributed by atoms with E-state index in [0.717, 1.165) is 6.07 Å². The van der Waals surface area contributed by atoms with Crippen molar-refractivity contribution in [3.05, 3.63) is 23.8 Å². The summed E-state index contributed by atoms with van der Waals surface area (Å²) in [7, 11) is 0. The van der Waals surface area contributed by atoms with Gasteiger partial charge >= 0.3 is 0 Å². The lowest BCUT2D eigenvalue weighted by molar-refractivity contribution is 0.128. The fraction of sp³-hybridized carbons (Fsp3) is 0.333. The molecule has 0 unspecified atom stereocenters. The average Bonchev–Trinajstić information content (AvgIpc) is 2.00. The molecule has 0 saturated carbocycles. The first kappa shape index (κ1) is 10.7. The second-order valence-electron chi connectivity index (χ2n) is 3.02. The van der Waals surface area contributed by atoms with Gasteiger partial charge < -0.3 is 15.9 Å². The van der Waals surface area contributed by atoms with E-state index in [2.05, 4.69) is 0 Å². The minimum Gasteiger partial charge on any atom is -0.508 e. The summed E-state index contributed by atoms with van der Waals surface area (Å²) in [6.07, 6.45) is -3.00. The molecule has 5 heteroatoms. The minimum atomic E-state index is -2.51. The Morgan fingerprint density at radius 2 is 1.64 bits per heavy atom. The van der Waals surface area contributed by atoms with Gasteiger partial charge in [0, 0.05) is 18.5 Å². The Balaban J connectivity index is 2.84. The molecular formula is C9H11F2NO2. The Morgan fingerprint density at radius 1 is 1.14 bits per heavy atom. The van der Waals surface area contributed by atoms with Gasteiger partial charge in [-0.2, -0.15) is 0 Å². The summed E-state index contributed by atoms with van der Waals surface area (Å²) >= 11 is 0. The molecule has 0 fully saturated rings. The third kappa shape index (κ3) is 2.85. The van der Waals surface area contributed by atoms with E-state index in [-0.39, 0.29) is 11.5 Å². The Hall–Kier alpha value is -1.36. The Kier molecular flexibility index (Phi) is 3.24. The molecule has 1 atom stereocenters. The molecule has 0 aliphatic rings. The average molecular weight is 203 g/mol. The maximum absolute atomic E-state index is 12.0. The van der Waals surface area contributed by atoms with Gasteiger partial charge in [0.15, 0.2) is 0 Å². The molecule has 0 spiro atoms. The molecule has 1 rings (SSSR count). The molecule has 1 aromatic rings. The van der Waals surface area contributed by atoms with Gasteiger partial charge in [-0.15, -0.1) is 0 Å². The highest BCUT2D eigenvalue weighted by Gasteiger charge is 2.14. The van der Waals surface area contributed by atoms with Crippen LogP contribution in [0.3, 0.4) is 0 Å². The third-order valence-electron chi connectivity index (χ3n) is 1.79. The van der Waals surface area contributed by atoms with E-state index in [9.17, 15) is 8.78 Å². The quantitative estimate of drug-likeness (QED) is 0.701. The van der Waals surface area contributed by atoms with E-state index in [1.807, 2.05) is 0 Å². The first-order valence-corrected chi connectivity index (χ1v) is 4.05. The van der Waals surface area contributed by atoms with Crippen molar-refractivity contribution in [3.8, 4) is 11.5 Å². The van der Waals surface area contributed by atoms with Crippen LogP contribution >= 0.6 is 0 Å². The number of nitrogens with two attached hydrogens (primary N) is 1. The predicted molar refractivity (Wildman–Crippen MR) is 47.3 cm³/mol. The van der Waals surface area contributed by atoms with Crippen molar-refractivity contribution < 1.29 is 19.0 Å². The molecule has 0 aliphatic carbocycles. The number of rotatable bonds is 3. The van der Waals surface area contributed by atoms with Gasteiger partial charge in [0.05, 0.1) is 0 Å². The fourth-order valence-corrected chi connectivity index (χ4v) is 1.16. The van der Waals surface area contributed by atoms with Gasteiger partial charge in [-0.05, 0) is 17.7 Å². The Morgan fingerprint density at radius 3 is 2.07 bits per heavy atom. The van der Waals surface area contributed by atoms with Crippen molar-refractivity contribution in [2.45, 2.75) is 18.9 Å². The fourth-order valence-electron chi connectivity index (χ4n) is 1.16. The summed E-state index contributed by atoms with van der Waals surface area (Å²) < 4.78 is 23.9. The lowest BCUT2D eigenvalue weighted by Crippen LogP contribution is -2.13. The Bertz CT molecular complexity index is 297. The molecule has 0 aromatic heterocycles. The van der Waals surface area contributed by atoms with Crippen molar-refractivity contribution in [1.29, 1.82) is 0 Å². The molecule has 0 radical (unpaired) electrons. The molecule has 0 heterocycles. The van der Waals surface area contributed by atoms with Crippen LogP contribution in [0, 0.1) is 0 Å². The number of hydrogen-bond donors (Lipinski definition) is 3. The summed E-state index contributed by atoms with van der Waals surface area (Å²) in [4.78, 5) is 0. The molecule has 3 nitrogen and oxygen atoms in total. The zero-order valence-corrected chi connectivity index (χ0v) is 7.32. The summed E-state index contributed by atoms with van der Waals surface area (Å²) in [6.45, 7) is 0. The van der Waals surface area contributed by atoms with Crippen LogP contribution < -0.4 is 5.73 Å². The van der Waals surface area contributed by atoms with Gasteiger partial charge in [0.25, 0.3) is 0 Å². The van der Waals surface area contributed by atoms with E-state index >= 15 is 0 Å². The maximum atomic E-state index is 12.0. The van der Waals surface area contributed by atoms with E-state index in [1.54, 1.807) is 0 Å². The molecule has 0 saturated heterocycles. The summed E-state index contributed by atoms with van der Waals surface area (Å²) in [5.74, 6) is -0.380. The van der Waals surface area contributed by atoms with Crippen LogP contribution in [0.15, 0.2) is 18.2 Å². The van der Waals surface area contributed by atoms with Crippen molar-refractivity contribution in [1.82, 2.24) is 0 Å². The van der Waals surface area contributed by atoms with E-state index in [4.69, 9.17) is 15.9 Å². The first-order valence-electron chi connectivity index (χ1n) is 4.05. The van der Waals surface area contributed by atoms with Crippen LogP contribution in [0.1, 0.15) is 18.0 Å². The van der Waals surface area contributed by atoms with Gasteiger partial charge in [-0.1, -0.05) is 0 Å². The number of halogens is 2. The largest absolute Gasteiger partial charge is 0.508 e. The van der Waals surface area contributed by atoms with E-state index < -0.39 is 18.9 Å². The summed E-state index contributed by atoms with van der Waals surface area (Å²) in [5, 5.41) is 18.1. The number of phenolic OH excluding ortho intramolecular Hbond substituents is 2. The predicted octanol–water partition coefficient (Wildman–Crippen LogP) is 1.75. The number of aromatic hydroxyl groups is 2. The van der Waals surface area contributed by atoms with Gasteiger partial charge in [0.1, 0.15) is 11.5 Å². The van der Waals surface area contributed by atoms with E-state index in [0.29, 0.717) is 5.56 Å². The first-order chi connectivity index (χ1) is 6.49.